The average molecular weight is 414 g/mol. The van der Waals surface area contributed by atoms with Crippen molar-refractivity contribution >= 4 is 34.5 Å². The van der Waals surface area contributed by atoms with Gasteiger partial charge in [0.1, 0.15) is 6.33 Å². The lowest BCUT2D eigenvalue weighted by Crippen LogP contribution is -2.48. The van der Waals surface area contributed by atoms with Crippen molar-refractivity contribution in [2.24, 2.45) is 0 Å². The van der Waals surface area contributed by atoms with Crippen molar-refractivity contribution in [1.29, 1.82) is 0 Å². The highest BCUT2D eigenvalue weighted by Gasteiger charge is 2.40. The van der Waals surface area contributed by atoms with E-state index in [2.05, 4.69) is 40.6 Å². The minimum absolute atomic E-state index is 0.0315. The SMILES string of the molecule is Cc1cc(-c2ccc3c(n2)N(C(=O)Nc2ncnc4[nH]nnc24)C2CCN3C2)ccn1. The Morgan fingerprint density at radius 1 is 1.23 bits per heavy atom. The second-order valence-corrected chi connectivity index (χ2v) is 7.65. The molecule has 0 aliphatic carbocycles. The van der Waals surface area contributed by atoms with Crippen molar-refractivity contribution in [3.8, 4) is 11.3 Å². The van der Waals surface area contributed by atoms with Crippen molar-refractivity contribution in [3.05, 3.63) is 42.5 Å². The van der Waals surface area contributed by atoms with Gasteiger partial charge in [0.05, 0.1) is 17.4 Å². The van der Waals surface area contributed by atoms with Crippen LogP contribution in [0.3, 0.4) is 0 Å². The van der Waals surface area contributed by atoms with Crippen LogP contribution in [-0.4, -0.2) is 60.5 Å². The first-order valence-electron chi connectivity index (χ1n) is 9.98. The molecule has 11 nitrogen and oxygen atoms in total. The van der Waals surface area contributed by atoms with Gasteiger partial charge < -0.3 is 4.90 Å². The van der Waals surface area contributed by atoms with Crippen molar-refractivity contribution in [2.75, 3.05) is 28.2 Å². The Bertz CT molecular complexity index is 1320. The lowest BCUT2D eigenvalue weighted by molar-refractivity contribution is 0.255. The summed E-state index contributed by atoms with van der Waals surface area (Å²) in [5, 5.41) is 13.3. The van der Waals surface area contributed by atoms with Gasteiger partial charge in [0.15, 0.2) is 22.8 Å². The lowest BCUT2D eigenvalue weighted by atomic mass is 10.1. The molecule has 1 unspecified atom stereocenters. The van der Waals surface area contributed by atoms with Gasteiger partial charge in [-0.05, 0) is 37.6 Å². The fourth-order valence-electron chi connectivity index (χ4n) is 4.27. The van der Waals surface area contributed by atoms with E-state index in [4.69, 9.17) is 4.98 Å². The van der Waals surface area contributed by atoms with Crippen LogP contribution >= 0.6 is 0 Å². The van der Waals surface area contributed by atoms with Crippen LogP contribution in [0, 0.1) is 6.92 Å². The molecule has 0 radical (unpaired) electrons. The number of H-pyrrole nitrogens is 1. The second-order valence-electron chi connectivity index (χ2n) is 7.65. The molecule has 0 aromatic carbocycles. The molecule has 4 aromatic rings. The third kappa shape index (κ3) is 2.85. The van der Waals surface area contributed by atoms with Crippen molar-refractivity contribution in [3.63, 3.8) is 0 Å². The number of nitrogens with one attached hydrogen (secondary N) is 2. The van der Waals surface area contributed by atoms with E-state index >= 15 is 0 Å². The highest BCUT2D eigenvalue weighted by Crippen LogP contribution is 2.40. The van der Waals surface area contributed by atoms with Gasteiger partial charge in [0, 0.05) is 30.5 Å². The maximum absolute atomic E-state index is 13.4. The zero-order chi connectivity index (χ0) is 20.9. The first kappa shape index (κ1) is 17.7. The molecule has 31 heavy (non-hydrogen) atoms. The molecule has 2 amide bonds. The summed E-state index contributed by atoms with van der Waals surface area (Å²) in [5.74, 6) is 0.954. The van der Waals surface area contributed by atoms with Gasteiger partial charge in [-0.1, -0.05) is 5.21 Å². The van der Waals surface area contributed by atoms with Crippen LogP contribution in [-0.2, 0) is 0 Å². The summed E-state index contributed by atoms with van der Waals surface area (Å²) in [6, 6.07) is 7.67. The largest absolute Gasteiger partial charge is 0.366 e. The summed E-state index contributed by atoms with van der Waals surface area (Å²) in [7, 11) is 0. The zero-order valence-electron chi connectivity index (χ0n) is 16.6. The van der Waals surface area contributed by atoms with E-state index in [1.54, 1.807) is 11.1 Å². The number of fused-ring (bicyclic) bond motifs is 5. The van der Waals surface area contributed by atoms with Gasteiger partial charge in [0.2, 0.25) is 0 Å². The first-order chi connectivity index (χ1) is 15.2. The van der Waals surface area contributed by atoms with Crippen LogP contribution in [0.1, 0.15) is 12.1 Å². The fraction of sp³-hybridized carbons (Fsp3) is 0.250. The van der Waals surface area contributed by atoms with Crippen LogP contribution in [0.2, 0.25) is 0 Å². The molecule has 2 aliphatic heterocycles. The minimum atomic E-state index is -0.300. The molecule has 1 saturated heterocycles. The third-order valence-electron chi connectivity index (χ3n) is 5.72. The van der Waals surface area contributed by atoms with Crippen LogP contribution in [0.5, 0.6) is 0 Å². The molecule has 4 aromatic heterocycles. The average Bonchev–Trinajstić information content (AvgIpc) is 3.42. The zero-order valence-corrected chi connectivity index (χ0v) is 16.6. The number of hydrogen-bond acceptors (Lipinski definition) is 8. The van der Waals surface area contributed by atoms with Gasteiger partial charge in [0.25, 0.3) is 0 Å². The normalized spacial score (nSPS) is 17.1. The summed E-state index contributed by atoms with van der Waals surface area (Å²) in [4.78, 5) is 34.8. The van der Waals surface area contributed by atoms with Crippen molar-refractivity contribution in [2.45, 2.75) is 19.4 Å². The number of carbonyl (C=O) groups is 1. The van der Waals surface area contributed by atoms with E-state index in [9.17, 15) is 4.79 Å². The Hall–Kier alpha value is -4.15. The molecular weight excluding hydrogens is 396 g/mol. The number of anilines is 3. The Morgan fingerprint density at radius 3 is 3.06 bits per heavy atom. The third-order valence-corrected chi connectivity index (χ3v) is 5.72. The lowest BCUT2D eigenvalue weighted by Gasteiger charge is -2.35. The smallest absolute Gasteiger partial charge is 0.329 e. The molecule has 2 N–H and O–H groups in total. The number of nitrogens with zero attached hydrogens (tertiary/aromatic N) is 8. The first-order valence-corrected chi connectivity index (χ1v) is 9.98. The predicted octanol–water partition coefficient (Wildman–Crippen LogP) is 2.14. The van der Waals surface area contributed by atoms with Crippen LogP contribution in [0.25, 0.3) is 22.4 Å². The van der Waals surface area contributed by atoms with Gasteiger partial charge in [-0.2, -0.15) is 0 Å². The molecular formula is C20H18N10O. The molecule has 6 heterocycles. The monoisotopic (exact) mass is 414 g/mol. The van der Waals surface area contributed by atoms with E-state index in [-0.39, 0.29) is 12.1 Å². The molecule has 6 rings (SSSR count). The number of rotatable bonds is 2. The van der Waals surface area contributed by atoms with Gasteiger partial charge in [-0.25, -0.2) is 24.8 Å². The topological polar surface area (TPSA) is 129 Å². The number of pyridine rings is 2. The molecule has 1 fully saturated rings. The Kier molecular flexibility index (Phi) is 3.82. The standard InChI is InChI=1S/C20H18N10O/c1-11-8-12(4-6-21-11)14-2-3-15-19(24-14)30(13-5-7-29(15)9-13)20(31)25-17-16-18(23-10-22-17)27-28-26-16/h2-4,6,8,10,13H,5,7,9H2,1H3,(H2,22,23,25,26,27,28,31). The number of aromatic amines is 1. The summed E-state index contributed by atoms with van der Waals surface area (Å²) >= 11 is 0. The highest BCUT2D eigenvalue weighted by atomic mass is 16.2. The maximum Gasteiger partial charge on any atom is 0.329 e. The summed E-state index contributed by atoms with van der Waals surface area (Å²) in [5.41, 5.74) is 4.50. The molecule has 0 spiro atoms. The second kappa shape index (κ2) is 6.69. The van der Waals surface area contributed by atoms with Gasteiger partial charge in [-0.15, -0.1) is 5.10 Å². The molecule has 2 bridgehead atoms. The molecule has 2 aliphatic rings. The quantitative estimate of drug-likeness (QED) is 0.510. The van der Waals surface area contributed by atoms with E-state index in [1.165, 1.54) is 6.33 Å². The van der Waals surface area contributed by atoms with Crippen LogP contribution < -0.4 is 15.1 Å². The number of urea groups is 1. The van der Waals surface area contributed by atoms with E-state index in [0.717, 1.165) is 42.1 Å². The molecule has 11 heteroatoms. The maximum atomic E-state index is 13.4. The predicted molar refractivity (Wildman–Crippen MR) is 114 cm³/mol. The Morgan fingerprint density at radius 2 is 2.16 bits per heavy atom. The Balaban J connectivity index is 1.41. The number of amides is 2. The summed E-state index contributed by atoms with van der Waals surface area (Å²) in [6.45, 7) is 3.61. The summed E-state index contributed by atoms with van der Waals surface area (Å²) in [6.07, 6.45) is 4.00. The number of hydrogen-bond donors (Lipinski definition) is 2. The van der Waals surface area contributed by atoms with Crippen molar-refractivity contribution in [1.82, 2.24) is 35.3 Å². The summed E-state index contributed by atoms with van der Waals surface area (Å²) < 4.78 is 0. The number of carbonyl (C=O) groups excluding carboxylic acids is 1. The minimum Gasteiger partial charge on any atom is -0.366 e. The fourth-order valence-corrected chi connectivity index (χ4v) is 4.27. The highest BCUT2D eigenvalue weighted by molar-refractivity contribution is 6.06. The molecule has 1 atom stereocenters. The molecule has 0 saturated carbocycles. The van der Waals surface area contributed by atoms with Crippen LogP contribution in [0.4, 0.5) is 22.1 Å². The van der Waals surface area contributed by atoms with E-state index in [1.807, 2.05) is 31.2 Å². The van der Waals surface area contributed by atoms with Crippen LogP contribution in [0.15, 0.2) is 36.8 Å². The molecule has 154 valence electrons. The van der Waals surface area contributed by atoms with E-state index < -0.39 is 0 Å². The Labute approximate surface area is 176 Å². The van der Waals surface area contributed by atoms with E-state index in [0.29, 0.717) is 22.8 Å². The number of aryl methyl sites for hydroxylation is 1. The van der Waals surface area contributed by atoms with Gasteiger partial charge in [-0.3, -0.25) is 15.2 Å². The number of aromatic nitrogens is 7. The van der Waals surface area contributed by atoms with Gasteiger partial charge >= 0.3 is 6.03 Å². The van der Waals surface area contributed by atoms with Crippen molar-refractivity contribution < 1.29 is 4.79 Å².